The third-order valence-corrected chi connectivity index (χ3v) is 8.88. The van der Waals surface area contributed by atoms with Crippen LogP contribution in [0, 0.1) is 0 Å². The number of carbonyl (C=O) groups is 2. The van der Waals surface area contributed by atoms with Crippen LogP contribution >= 0.6 is 11.3 Å². The molecular weight excluding hydrogens is 502 g/mol. The standard InChI is InChI=1S/C25H29N3O6S2/c1-5-18-6-11-21-22(12-18)35-25(28(21)15-23(29)33-4)26-24(30)19-7-9-20(10-8-19)36(31,32)27-13-16(2)34-17(3)14-27/h6-12,16-17H,5,13-15H2,1-4H3. The van der Waals surface area contributed by atoms with E-state index in [0.717, 1.165) is 22.2 Å². The molecule has 36 heavy (non-hydrogen) atoms. The third kappa shape index (κ3) is 5.44. The number of carbonyl (C=O) groups excluding carboxylic acids is 2. The van der Waals surface area contributed by atoms with E-state index in [2.05, 4.69) is 11.9 Å². The van der Waals surface area contributed by atoms with Crippen LogP contribution in [0.4, 0.5) is 0 Å². The lowest BCUT2D eigenvalue weighted by Gasteiger charge is -2.34. The number of ether oxygens (including phenoxy) is 2. The zero-order chi connectivity index (χ0) is 26.0. The van der Waals surface area contributed by atoms with Gasteiger partial charge in [0.15, 0.2) is 4.80 Å². The van der Waals surface area contributed by atoms with Crippen molar-refractivity contribution in [3.05, 3.63) is 58.4 Å². The Kier molecular flexibility index (Phi) is 7.74. The minimum absolute atomic E-state index is 0.0817. The normalized spacial score (nSPS) is 19.5. The van der Waals surface area contributed by atoms with Crippen molar-refractivity contribution in [1.29, 1.82) is 0 Å². The summed E-state index contributed by atoms with van der Waals surface area (Å²) >= 11 is 1.31. The molecule has 2 aromatic carbocycles. The highest BCUT2D eigenvalue weighted by atomic mass is 32.2. The maximum atomic E-state index is 13.1. The molecule has 1 aromatic heterocycles. The number of sulfonamides is 1. The molecule has 192 valence electrons. The van der Waals surface area contributed by atoms with E-state index in [1.807, 2.05) is 32.0 Å². The monoisotopic (exact) mass is 531 g/mol. The highest BCUT2D eigenvalue weighted by Crippen LogP contribution is 2.22. The number of amides is 1. The van der Waals surface area contributed by atoms with Crippen LogP contribution in [-0.2, 0) is 37.3 Å². The van der Waals surface area contributed by atoms with Gasteiger partial charge < -0.3 is 14.0 Å². The maximum Gasteiger partial charge on any atom is 0.325 e. The number of fused-ring (bicyclic) bond motifs is 1. The maximum absolute atomic E-state index is 13.1. The Labute approximate surface area is 214 Å². The number of benzene rings is 2. The lowest BCUT2D eigenvalue weighted by atomic mass is 10.2. The van der Waals surface area contributed by atoms with Crippen LogP contribution in [0.3, 0.4) is 0 Å². The van der Waals surface area contributed by atoms with Crippen LogP contribution in [0.1, 0.15) is 36.7 Å². The first-order valence-electron chi connectivity index (χ1n) is 11.7. The van der Waals surface area contributed by atoms with Crippen molar-refractivity contribution in [2.45, 2.75) is 50.8 Å². The van der Waals surface area contributed by atoms with Gasteiger partial charge >= 0.3 is 5.97 Å². The van der Waals surface area contributed by atoms with Crippen molar-refractivity contribution < 1.29 is 27.5 Å². The summed E-state index contributed by atoms with van der Waals surface area (Å²) in [4.78, 5) is 29.8. The number of methoxy groups -OCH3 is 1. The summed E-state index contributed by atoms with van der Waals surface area (Å²) in [6, 6.07) is 11.7. The van der Waals surface area contributed by atoms with E-state index >= 15 is 0 Å². The summed E-state index contributed by atoms with van der Waals surface area (Å²) in [6.07, 6.45) is 0.456. The molecule has 1 amide bonds. The van der Waals surface area contributed by atoms with Crippen molar-refractivity contribution in [3.63, 3.8) is 0 Å². The molecule has 0 bridgehead atoms. The van der Waals surface area contributed by atoms with E-state index in [9.17, 15) is 18.0 Å². The van der Waals surface area contributed by atoms with Crippen LogP contribution < -0.4 is 4.80 Å². The molecule has 1 aliphatic rings. The zero-order valence-corrected chi connectivity index (χ0v) is 22.3. The molecule has 2 unspecified atom stereocenters. The van der Waals surface area contributed by atoms with Gasteiger partial charge in [-0.15, -0.1) is 0 Å². The summed E-state index contributed by atoms with van der Waals surface area (Å²) in [6.45, 7) is 6.19. The van der Waals surface area contributed by atoms with E-state index in [4.69, 9.17) is 9.47 Å². The van der Waals surface area contributed by atoms with Gasteiger partial charge in [-0.25, -0.2) is 8.42 Å². The van der Waals surface area contributed by atoms with Gasteiger partial charge in [-0.3, -0.25) is 9.59 Å². The van der Waals surface area contributed by atoms with E-state index in [1.165, 1.54) is 47.0 Å². The Morgan fingerprint density at radius 3 is 2.39 bits per heavy atom. The van der Waals surface area contributed by atoms with Crippen molar-refractivity contribution in [1.82, 2.24) is 8.87 Å². The molecule has 0 saturated carbocycles. The zero-order valence-electron chi connectivity index (χ0n) is 20.6. The van der Waals surface area contributed by atoms with Crippen molar-refractivity contribution in [2.24, 2.45) is 4.99 Å². The fourth-order valence-corrected chi connectivity index (χ4v) is 6.85. The molecule has 0 spiro atoms. The highest BCUT2D eigenvalue weighted by Gasteiger charge is 2.32. The predicted octanol–water partition coefficient (Wildman–Crippen LogP) is 2.98. The van der Waals surface area contributed by atoms with E-state index < -0.39 is 21.9 Å². The van der Waals surface area contributed by atoms with Crippen molar-refractivity contribution >= 4 is 43.5 Å². The molecule has 0 N–H and O–H groups in total. The average molecular weight is 532 g/mol. The average Bonchev–Trinajstić information content (AvgIpc) is 3.18. The molecule has 1 fully saturated rings. The topological polar surface area (TPSA) is 107 Å². The van der Waals surface area contributed by atoms with E-state index in [-0.39, 0.29) is 42.3 Å². The Bertz CT molecular complexity index is 1450. The number of esters is 1. The van der Waals surface area contributed by atoms with E-state index in [1.54, 1.807) is 4.57 Å². The number of hydrogen-bond donors (Lipinski definition) is 0. The molecule has 9 nitrogen and oxygen atoms in total. The van der Waals surface area contributed by atoms with Gasteiger partial charge in [0.05, 0.1) is 34.4 Å². The molecule has 2 heterocycles. The van der Waals surface area contributed by atoms with Gasteiger partial charge in [0.2, 0.25) is 10.0 Å². The molecule has 0 radical (unpaired) electrons. The second-order valence-corrected chi connectivity index (χ2v) is 11.7. The smallest absolute Gasteiger partial charge is 0.325 e. The first-order valence-corrected chi connectivity index (χ1v) is 13.9. The van der Waals surface area contributed by atoms with Gasteiger partial charge in [-0.05, 0) is 62.2 Å². The largest absolute Gasteiger partial charge is 0.468 e. The summed E-state index contributed by atoms with van der Waals surface area (Å²) in [7, 11) is -2.41. The summed E-state index contributed by atoms with van der Waals surface area (Å²) in [5.74, 6) is -0.988. The van der Waals surface area contributed by atoms with Crippen LogP contribution in [0.2, 0.25) is 0 Å². The van der Waals surface area contributed by atoms with Crippen molar-refractivity contribution in [2.75, 3.05) is 20.2 Å². The quantitative estimate of drug-likeness (QED) is 0.453. The van der Waals surface area contributed by atoms with Gasteiger partial charge in [0.25, 0.3) is 5.91 Å². The number of aryl methyl sites for hydroxylation is 1. The minimum atomic E-state index is -3.72. The Balaban J connectivity index is 1.66. The third-order valence-electron chi connectivity index (χ3n) is 5.99. The Hall–Kier alpha value is -2.86. The summed E-state index contributed by atoms with van der Waals surface area (Å²) in [5, 5.41) is 0. The van der Waals surface area contributed by atoms with E-state index in [0.29, 0.717) is 4.80 Å². The number of rotatable bonds is 6. The number of morpholine rings is 1. The molecule has 11 heteroatoms. The number of hydrogen-bond acceptors (Lipinski definition) is 7. The van der Waals surface area contributed by atoms with Gasteiger partial charge in [-0.2, -0.15) is 9.30 Å². The van der Waals surface area contributed by atoms with Crippen molar-refractivity contribution in [3.8, 4) is 0 Å². The molecule has 1 aliphatic heterocycles. The number of aromatic nitrogens is 1. The summed E-state index contributed by atoms with van der Waals surface area (Å²) in [5.41, 5.74) is 2.16. The Morgan fingerprint density at radius 2 is 1.78 bits per heavy atom. The van der Waals surface area contributed by atoms with Gasteiger partial charge in [0.1, 0.15) is 6.54 Å². The van der Waals surface area contributed by atoms with Crippen LogP contribution in [0.15, 0.2) is 52.4 Å². The second kappa shape index (κ2) is 10.6. The van der Waals surface area contributed by atoms with Crippen LogP contribution in [0.5, 0.6) is 0 Å². The molecule has 4 rings (SSSR count). The van der Waals surface area contributed by atoms with Gasteiger partial charge in [-0.1, -0.05) is 24.3 Å². The lowest BCUT2D eigenvalue weighted by Crippen LogP contribution is -2.48. The molecule has 3 aromatic rings. The number of nitrogens with zero attached hydrogens (tertiary/aromatic N) is 3. The molecule has 1 saturated heterocycles. The Morgan fingerprint density at radius 1 is 1.11 bits per heavy atom. The van der Waals surface area contributed by atoms with Crippen LogP contribution in [0.25, 0.3) is 10.2 Å². The molecular formula is C25H29N3O6S2. The first-order chi connectivity index (χ1) is 17.1. The summed E-state index contributed by atoms with van der Waals surface area (Å²) < 4.78 is 40.6. The minimum Gasteiger partial charge on any atom is -0.468 e. The first kappa shape index (κ1) is 26.2. The fraction of sp³-hybridized carbons (Fsp3) is 0.400. The second-order valence-electron chi connectivity index (χ2n) is 8.72. The fourth-order valence-electron chi connectivity index (χ4n) is 4.17. The lowest BCUT2D eigenvalue weighted by molar-refractivity contribution is -0.141. The number of thiazole rings is 1. The molecule has 0 aliphatic carbocycles. The van der Waals surface area contributed by atoms with Crippen LogP contribution in [-0.4, -0.2) is 61.6 Å². The van der Waals surface area contributed by atoms with Gasteiger partial charge in [0, 0.05) is 18.7 Å². The predicted molar refractivity (Wildman–Crippen MR) is 136 cm³/mol. The highest BCUT2D eigenvalue weighted by molar-refractivity contribution is 7.89. The SMILES string of the molecule is CCc1ccc2c(c1)sc(=NC(=O)c1ccc(S(=O)(=O)N3CC(C)OC(C)C3)cc1)n2CC(=O)OC. The molecule has 2 atom stereocenters.